The maximum atomic E-state index is 12.9. The number of anilines is 1. The summed E-state index contributed by atoms with van der Waals surface area (Å²) < 4.78 is 5.21. The first kappa shape index (κ1) is 19.4. The molecule has 1 aliphatic heterocycles. The number of esters is 1. The smallest absolute Gasteiger partial charge is 0.313 e. The molecule has 1 unspecified atom stereocenters. The zero-order valence-corrected chi connectivity index (χ0v) is 15.8. The molecule has 3 rings (SSSR count). The van der Waals surface area contributed by atoms with Gasteiger partial charge in [0, 0.05) is 0 Å². The normalized spacial score (nSPS) is 16.6. The molecule has 2 amide bonds. The van der Waals surface area contributed by atoms with Crippen molar-refractivity contribution < 1.29 is 19.1 Å². The highest BCUT2D eigenvalue weighted by molar-refractivity contribution is 6.29. The van der Waals surface area contributed by atoms with Crippen LogP contribution in [0.25, 0.3) is 0 Å². The van der Waals surface area contributed by atoms with Crippen LogP contribution in [0, 0.1) is 5.92 Å². The molecule has 0 aromatic heterocycles. The average molecular weight is 378 g/mol. The van der Waals surface area contributed by atoms with Gasteiger partial charge in [0.05, 0.1) is 18.2 Å². The van der Waals surface area contributed by atoms with Crippen molar-refractivity contribution in [1.29, 1.82) is 0 Å². The molecule has 2 aromatic carbocycles. The number of carbonyl (C=O) groups is 3. The van der Waals surface area contributed by atoms with Crippen LogP contribution in [0.5, 0.6) is 0 Å². The molecular weight excluding hydrogens is 356 g/mol. The van der Waals surface area contributed by atoms with Gasteiger partial charge in [-0.25, -0.2) is 5.01 Å². The molecular formula is C22H22N2O4. The quantitative estimate of drug-likeness (QED) is 0.476. The van der Waals surface area contributed by atoms with Crippen LogP contribution in [0.2, 0.25) is 0 Å². The van der Waals surface area contributed by atoms with Crippen LogP contribution in [0.15, 0.2) is 71.8 Å². The van der Waals surface area contributed by atoms with Gasteiger partial charge in [0.15, 0.2) is 0 Å². The molecule has 0 saturated carbocycles. The fourth-order valence-electron chi connectivity index (χ4n) is 3.20. The zero-order chi connectivity index (χ0) is 20.1. The lowest BCUT2D eigenvalue weighted by molar-refractivity contribution is -0.146. The highest BCUT2D eigenvalue weighted by atomic mass is 16.5. The van der Waals surface area contributed by atoms with Crippen molar-refractivity contribution in [3.63, 3.8) is 0 Å². The highest BCUT2D eigenvalue weighted by Gasteiger charge is 2.39. The molecule has 28 heavy (non-hydrogen) atoms. The van der Waals surface area contributed by atoms with Gasteiger partial charge in [-0.1, -0.05) is 48.5 Å². The number of hydrazine groups is 1. The van der Waals surface area contributed by atoms with Gasteiger partial charge in [0.25, 0.3) is 11.8 Å². The topological polar surface area (TPSA) is 75.7 Å². The second-order valence-electron chi connectivity index (χ2n) is 6.47. The van der Waals surface area contributed by atoms with E-state index in [1.807, 2.05) is 36.4 Å². The summed E-state index contributed by atoms with van der Waals surface area (Å²) in [6.07, 6.45) is 0.348. The molecule has 0 radical (unpaired) electrons. The van der Waals surface area contributed by atoms with Crippen LogP contribution < -0.4 is 10.4 Å². The van der Waals surface area contributed by atoms with E-state index in [0.717, 1.165) is 5.56 Å². The van der Waals surface area contributed by atoms with Crippen molar-refractivity contribution >= 4 is 23.5 Å². The lowest BCUT2D eigenvalue weighted by atomic mass is 9.89. The molecule has 0 spiro atoms. The lowest BCUT2D eigenvalue weighted by Crippen LogP contribution is -2.35. The van der Waals surface area contributed by atoms with E-state index >= 15 is 0 Å². The van der Waals surface area contributed by atoms with Gasteiger partial charge in [-0.2, -0.15) is 0 Å². The first-order valence-electron chi connectivity index (χ1n) is 9.14. The third kappa shape index (κ3) is 3.96. The summed E-state index contributed by atoms with van der Waals surface area (Å²) in [4.78, 5) is 38.1. The van der Waals surface area contributed by atoms with Gasteiger partial charge in [0.1, 0.15) is 5.57 Å². The van der Waals surface area contributed by atoms with E-state index in [1.54, 1.807) is 38.1 Å². The van der Waals surface area contributed by atoms with E-state index in [9.17, 15) is 14.4 Å². The monoisotopic (exact) mass is 378 g/mol. The molecule has 1 heterocycles. The maximum absolute atomic E-state index is 12.9. The number of carbonyl (C=O) groups excluding carboxylic acids is 3. The third-order valence-electron chi connectivity index (χ3n) is 4.64. The first-order chi connectivity index (χ1) is 13.5. The number of para-hydroxylation sites is 1. The zero-order valence-electron chi connectivity index (χ0n) is 15.8. The molecule has 1 aliphatic rings. The summed E-state index contributed by atoms with van der Waals surface area (Å²) >= 11 is 0. The van der Waals surface area contributed by atoms with Crippen molar-refractivity contribution in [3.05, 3.63) is 77.4 Å². The van der Waals surface area contributed by atoms with Gasteiger partial charge in [-0.05, 0) is 43.5 Å². The Morgan fingerprint density at radius 1 is 1.04 bits per heavy atom. The summed E-state index contributed by atoms with van der Waals surface area (Å²) in [5, 5.41) is 1.20. The minimum absolute atomic E-state index is 0.0159. The van der Waals surface area contributed by atoms with Crippen molar-refractivity contribution in [1.82, 2.24) is 5.43 Å². The van der Waals surface area contributed by atoms with Crippen molar-refractivity contribution in [3.8, 4) is 0 Å². The molecule has 0 bridgehead atoms. The van der Waals surface area contributed by atoms with Crippen molar-refractivity contribution in [2.24, 2.45) is 5.92 Å². The molecule has 1 fully saturated rings. The SMILES string of the molecule is CCOC(=O)C(Cc1ccccc1)C(C)=C1C(=O)NN(c2ccccc2)C1=O. The Hall–Kier alpha value is -3.41. The highest BCUT2D eigenvalue weighted by Crippen LogP contribution is 2.27. The summed E-state index contributed by atoms with van der Waals surface area (Å²) in [5.74, 6) is -2.16. The van der Waals surface area contributed by atoms with Crippen molar-refractivity contribution in [2.75, 3.05) is 11.6 Å². The number of ether oxygens (including phenoxy) is 1. The Morgan fingerprint density at radius 3 is 2.25 bits per heavy atom. The molecule has 1 saturated heterocycles. The number of nitrogens with zero attached hydrogens (tertiary/aromatic N) is 1. The molecule has 6 nitrogen and oxygen atoms in total. The second kappa shape index (κ2) is 8.52. The molecule has 1 N–H and O–H groups in total. The Morgan fingerprint density at radius 2 is 1.64 bits per heavy atom. The number of hydrogen-bond donors (Lipinski definition) is 1. The van der Waals surface area contributed by atoms with Crippen LogP contribution in [0.1, 0.15) is 19.4 Å². The number of nitrogens with one attached hydrogen (secondary N) is 1. The summed E-state index contributed by atoms with van der Waals surface area (Å²) in [7, 11) is 0. The molecule has 2 aromatic rings. The number of amides is 2. The Labute approximate surface area is 163 Å². The lowest BCUT2D eigenvalue weighted by Gasteiger charge is -2.18. The Balaban J connectivity index is 1.96. The van der Waals surface area contributed by atoms with Crippen LogP contribution in [0.4, 0.5) is 5.69 Å². The van der Waals surface area contributed by atoms with E-state index in [2.05, 4.69) is 5.43 Å². The van der Waals surface area contributed by atoms with Gasteiger partial charge < -0.3 is 4.74 Å². The van der Waals surface area contributed by atoms with Gasteiger partial charge >= 0.3 is 5.97 Å². The minimum Gasteiger partial charge on any atom is -0.466 e. The first-order valence-corrected chi connectivity index (χ1v) is 9.14. The predicted molar refractivity (Wildman–Crippen MR) is 105 cm³/mol. The molecule has 144 valence electrons. The average Bonchev–Trinajstić information content (AvgIpc) is 3.01. The van der Waals surface area contributed by atoms with Crippen molar-refractivity contribution in [2.45, 2.75) is 20.3 Å². The van der Waals surface area contributed by atoms with Crippen LogP contribution in [0.3, 0.4) is 0 Å². The third-order valence-corrected chi connectivity index (χ3v) is 4.64. The standard InChI is InChI=1S/C22H22N2O4/c1-3-28-22(27)18(14-16-10-6-4-7-11-16)15(2)19-20(25)23-24(21(19)26)17-12-8-5-9-13-17/h4-13,18H,3,14H2,1-2H3,(H,23,25). The fourth-order valence-corrected chi connectivity index (χ4v) is 3.20. The van der Waals surface area contributed by atoms with E-state index in [4.69, 9.17) is 4.74 Å². The second-order valence-corrected chi connectivity index (χ2v) is 6.47. The van der Waals surface area contributed by atoms with Crippen LogP contribution >= 0.6 is 0 Å². The van der Waals surface area contributed by atoms with E-state index < -0.39 is 23.7 Å². The number of hydrogen-bond acceptors (Lipinski definition) is 4. The van der Waals surface area contributed by atoms with Crippen LogP contribution in [-0.4, -0.2) is 24.4 Å². The van der Waals surface area contributed by atoms with Gasteiger partial charge in [-0.3, -0.25) is 19.8 Å². The van der Waals surface area contributed by atoms with E-state index in [0.29, 0.717) is 17.7 Å². The summed E-state index contributed by atoms with van der Waals surface area (Å²) in [6.45, 7) is 3.60. The maximum Gasteiger partial charge on any atom is 0.313 e. The molecule has 6 heteroatoms. The van der Waals surface area contributed by atoms with Gasteiger partial charge in [-0.15, -0.1) is 0 Å². The molecule has 1 atom stereocenters. The predicted octanol–water partition coefficient (Wildman–Crippen LogP) is 2.80. The fraction of sp³-hybridized carbons (Fsp3) is 0.227. The summed E-state index contributed by atoms with van der Waals surface area (Å²) in [6, 6.07) is 18.3. The largest absolute Gasteiger partial charge is 0.466 e. The molecule has 0 aliphatic carbocycles. The minimum atomic E-state index is -0.720. The van der Waals surface area contributed by atoms with Crippen LogP contribution in [-0.2, 0) is 25.5 Å². The Kier molecular flexibility index (Phi) is 5.89. The Bertz CT molecular complexity index is 907. The van der Waals surface area contributed by atoms with E-state index in [-0.39, 0.29) is 12.2 Å². The van der Waals surface area contributed by atoms with Gasteiger partial charge in [0.2, 0.25) is 0 Å². The summed E-state index contributed by atoms with van der Waals surface area (Å²) in [5.41, 5.74) is 4.44. The number of benzene rings is 2. The number of rotatable bonds is 6. The van der Waals surface area contributed by atoms with E-state index in [1.165, 1.54) is 5.01 Å².